The van der Waals surface area contributed by atoms with Crippen molar-refractivity contribution < 1.29 is 14.5 Å². The summed E-state index contributed by atoms with van der Waals surface area (Å²) in [6, 6.07) is 4.11. The van der Waals surface area contributed by atoms with Crippen molar-refractivity contribution in [3.05, 3.63) is 33.3 Å². The molecule has 1 atom stereocenters. The lowest BCUT2D eigenvalue weighted by atomic mass is 10.1. The minimum absolute atomic E-state index is 0.0891. The number of anilines is 1. The molecule has 1 aromatic rings. The molecule has 22 heavy (non-hydrogen) atoms. The second-order valence-corrected chi connectivity index (χ2v) is 5.67. The van der Waals surface area contributed by atoms with Gasteiger partial charge in [-0.1, -0.05) is 11.6 Å². The van der Waals surface area contributed by atoms with Gasteiger partial charge in [0, 0.05) is 38.2 Å². The number of nitrogens with one attached hydrogen (secondary N) is 1. The van der Waals surface area contributed by atoms with Crippen LogP contribution in [0.1, 0.15) is 6.42 Å². The van der Waals surface area contributed by atoms with Crippen LogP contribution >= 0.6 is 23.2 Å². The second kappa shape index (κ2) is 6.93. The van der Waals surface area contributed by atoms with Crippen LogP contribution in [0.25, 0.3) is 0 Å². The van der Waals surface area contributed by atoms with Crippen LogP contribution in [-0.4, -0.2) is 40.6 Å². The Hall–Kier alpha value is -1.86. The summed E-state index contributed by atoms with van der Waals surface area (Å²) >= 11 is 11.4. The average molecular weight is 346 g/mol. The molecular formula is C13H13Cl2N3O4. The van der Waals surface area contributed by atoms with E-state index in [1.54, 1.807) is 4.90 Å². The number of nitrogens with zero attached hydrogens (tertiary/aromatic N) is 2. The number of carbonyl (C=O) groups excluding carboxylic acids is 2. The van der Waals surface area contributed by atoms with E-state index in [0.717, 1.165) is 0 Å². The third-order valence-electron chi connectivity index (χ3n) is 3.40. The van der Waals surface area contributed by atoms with Crippen LogP contribution in [0.15, 0.2) is 18.2 Å². The van der Waals surface area contributed by atoms with Gasteiger partial charge in [0.15, 0.2) is 0 Å². The number of non-ortho nitro benzene ring substituents is 1. The highest BCUT2D eigenvalue weighted by Crippen LogP contribution is 2.26. The first-order valence-electron chi connectivity index (χ1n) is 6.53. The fraction of sp³-hybridized carbons (Fsp3) is 0.385. The Kier molecular flexibility index (Phi) is 5.20. The van der Waals surface area contributed by atoms with Crippen LogP contribution in [0.3, 0.4) is 0 Å². The molecule has 9 heteroatoms. The van der Waals surface area contributed by atoms with Crippen molar-refractivity contribution in [1.82, 2.24) is 4.90 Å². The first-order valence-corrected chi connectivity index (χ1v) is 7.29. The Labute approximate surface area is 136 Å². The Bertz CT molecular complexity index is 623. The minimum atomic E-state index is -0.526. The van der Waals surface area contributed by atoms with Crippen molar-refractivity contribution in [3.8, 4) is 0 Å². The molecule has 0 saturated carbocycles. The molecule has 0 radical (unpaired) electrons. The molecule has 1 fully saturated rings. The molecule has 0 aliphatic carbocycles. The third kappa shape index (κ3) is 3.86. The van der Waals surface area contributed by atoms with Gasteiger partial charge in [-0.25, -0.2) is 0 Å². The van der Waals surface area contributed by atoms with Gasteiger partial charge in [0.1, 0.15) is 0 Å². The summed E-state index contributed by atoms with van der Waals surface area (Å²) < 4.78 is 0. The topological polar surface area (TPSA) is 92.6 Å². The van der Waals surface area contributed by atoms with E-state index in [1.165, 1.54) is 18.2 Å². The molecule has 1 saturated heterocycles. The number of nitro benzene ring substituents is 1. The average Bonchev–Trinajstić information content (AvgIpc) is 2.82. The van der Waals surface area contributed by atoms with Crippen molar-refractivity contribution in [3.63, 3.8) is 0 Å². The van der Waals surface area contributed by atoms with Crippen LogP contribution in [-0.2, 0) is 9.59 Å². The van der Waals surface area contributed by atoms with Gasteiger partial charge in [-0.05, 0) is 17.7 Å². The van der Waals surface area contributed by atoms with Gasteiger partial charge in [-0.2, -0.15) is 0 Å². The quantitative estimate of drug-likeness (QED) is 0.485. The van der Waals surface area contributed by atoms with Crippen molar-refractivity contribution >= 4 is 45.7 Å². The maximum absolute atomic E-state index is 11.7. The Balaban J connectivity index is 1.88. The van der Waals surface area contributed by atoms with Crippen LogP contribution < -0.4 is 5.32 Å². The highest BCUT2D eigenvalue weighted by molar-refractivity contribution is 6.64. The summed E-state index contributed by atoms with van der Waals surface area (Å²) in [5.41, 5.74) is 0.456. The molecule has 7 nitrogen and oxygen atoms in total. The SMILES string of the molecule is O=C(Cl)[C@H]1CC(=O)N(CCNc2ccc([N+](=O)[O-])cc2Cl)C1. The fourth-order valence-electron chi connectivity index (χ4n) is 2.23. The van der Waals surface area contributed by atoms with E-state index in [1.807, 2.05) is 0 Å². The predicted octanol–water partition coefficient (Wildman–Crippen LogP) is 2.27. The molecule has 1 heterocycles. The Morgan fingerprint density at radius 3 is 2.77 bits per heavy atom. The number of amides is 1. The van der Waals surface area contributed by atoms with Crippen molar-refractivity contribution in [2.75, 3.05) is 25.0 Å². The van der Waals surface area contributed by atoms with Gasteiger partial charge in [0.25, 0.3) is 5.69 Å². The number of halogens is 2. The molecule has 0 spiro atoms. The number of hydrogen-bond acceptors (Lipinski definition) is 5. The third-order valence-corrected chi connectivity index (χ3v) is 4.02. The van der Waals surface area contributed by atoms with E-state index in [2.05, 4.69) is 5.32 Å². The maximum atomic E-state index is 11.7. The summed E-state index contributed by atoms with van der Waals surface area (Å²) in [6.07, 6.45) is 0.140. The van der Waals surface area contributed by atoms with Crippen molar-refractivity contribution in [1.29, 1.82) is 0 Å². The van der Waals surface area contributed by atoms with E-state index < -0.39 is 16.1 Å². The molecule has 118 valence electrons. The molecule has 1 aliphatic heterocycles. The van der Waals surface area contributed by atoms with Crippen LogP contribution in [0.2, 0.25) is 5.02 Å². The molecule has 1 amide bonds. The summed E-state index contributed by atoms with van der Waals surface area (Å²) in [5, 5.41) is 13.4. The Morgan fingerprint density at radius 1 is 1.50 bits per heavy atom. The zero-order valence-electron chi connectivity index (χ0n) is 11.4. The van der Waals surface area contributed by atoms with Crippen molar-refractivity contribution in [2.24, 2.45) is 5.92 Å². The summed E-state index contributed by atoms with van der Waals surface area (Å²) in [5.74, 6) is -0.562. The van der Waals surface area contributed by atoms with Crippen LogP contribution in [0, 0.1) is 16.0 Å². The van der Waals surface area contributed by atoms with E-state index in [9.17, 15) is 19.7 Å². The molecule has 1 aliphatic rings. The largest absolute Gasteiger partial charge is 0.382 e. The number of likely N-dealkylation sites (tertiary alicyclic amines) is 1. The highest BCUT2D eigenvalue weighted by atomic mass is 35.5. The molecule has 0 aromatic heterocycles. The van der Waals surface area contributed by atoms with E-state index in [0.29, 0.717) is 25.3 Å². The van der Waals surface area contributed by atoms with Crippen LogP contribution in [0.5, 0.6) is 0 Å². The van der Waals surface area contributed by atoms with Gasteiger partial charge >= 0.3 is 0 Å². The molecular weight excluding hydrogens is 333 g/mol. The second-order valence-electron chi connectivity index (χ2n) is 4.89. The number of hydrogen-bond donors (Lipinski definition) is 1. The van der Waals surface area contributed by atoms with Gasteiger partial charge < -0.3 is 10.2 Å². The Morgan fingerprint density at radius 2 is 2.23 bits per heavy atom. The number of benzene rings is 1. The lowest BCUT2D eigenvalue weighted by molar-refractivity contribution is -0.384. The lowest BCUT2D eigenvalue weighted by Gasteiger charge is -2.17. The monoisotopic (exact) mass is 345 g/mol. The van der Waals surface area contributed by atoms with Gasteiger partial charge in [-0.3, -0.25) is 19.7 Å². The number of carbonyl (C=O) groups is 2. The van der Waals surface area contributed by atoms with E-state index >= 15 is 0 Å². The molecule has 1 N–H and O–H groups in total. The minimum Gasteiger partial charge on any atom is -0.382 e. The zero-order valence-corrected chi connectivity index (χ0v) is 12.9. The first-order chi connectivity index (χ1) is 10.4. The maximum Gasteiger partial charge on any atom is 0.271 e. The highest BCUT2D eigenvalue weighted by Gasteiger charge is 2.32. The number of nitro groups is 1. The van der Waals surface area contributed by atoms with E-state index in [4.69, 9.17) is 23.2 Å². The molecule has 0 bridgehead atoms. The summed E-state index contributed by atoms with van der Waals surface area (Å²) in [6.45, 7) is 1.12. The zero-order chi connectivity index (χ0) is 16.3. The van der Waals surface area contributed by atoms with Gasteiger partial charge in [-0.15, -0.1) is 0 Å². The lowest BCUT2D eigenvalue weighted by Crippen LogP contribution is -2.30. The fourth-order valence-corrected chi connectivity index (χ4v) is 2.61. The smallest absolute Gasteiger partial charge is 0.271 e. The van der Waals surface area contributed by atoms with Crippen molar-refractivity contribution in [2.45, 2.75) is 6.42 Å². The van der Waals surface area contributed by atoms with Crippen LogP contribution in [0.4, 0.5) is 11.4 Å². The molecule has 1 aromatic carbocycles. The number of rotatable bonds is 6. The summed E-state index contributed by atoms with van der Waals surface area (Å²) in [4.78, 5) is 34.4. The molecule has 0 unspecified atom stereocenters. The summed E-state index contributed by atoms with van der Waals surface area (Å²) in [7, 11) is 0. The molecule has 2 rings (SSSR count). The van der Waals surface area contributed by atoms with Gasteiger partial charge in [0.2, 0.25) is 11.1 Å². The van der Waals surface area contributed by atoms with E-state index in [-0.39, 0.29) is 23.0 Å². The first kappa shape index (κ1) is 16.5. The van der Waals surface area contributed by atoms with Gasteiger partial charge in [0.05, 0.1) is 21.6 Å². The standard InChI is InChI=1S/C13H13Cl2N3O4/c14-10-6-9(18(21)22)1-2-11(10)16-3-4-17-7-8(13(15)20)5-12(17)19/h1-2,6,8,16H,3-5,7H2/t8-/m0/s1. The normalized spacial score (nSPS) is 17.6. The predicted molar refractivity (Wildman–Crippen MR) is 82.1 cm³/mol.